The summed E-state index contributed by atoms with van der Waals surface area (Å²) < 4.78 is 0. The number of hydrogen-bond donors (Lipinski definition) is 2. The molecule has 0 spiro atoms. The fourth-order valence-corrected chi connectivity index (χ4v) is 3.92. The smallest absolute Gasteiger partial charge is 0.231 e. The Labute approximate surface area is 131 Å². The zero-order valence-electron chi connectivity index (χ0n) is 11.9. The van der Waals surface area contributed by atoms with Crippen LogP contribution in [-0.4, -0.2) is 19.0 Å². The lowest BCUT2D eigenvalue weighted by molar-refractivity contribution is -0.127. The lowest BCUT2D eigenvalue weighted by Crippen LogP contribution is -2.45. The van der Waals surface area contributed by atoms with Gasteiger partial charge in [-0.15, -0.1) is 23.7 Å². The van der Waals surface area contributed by atoms with E-state index in [0.29, 0.717) is 6.54 Å². The fourth-order valence-electron chi connectivity index (χ4n) is 2.93. The first-order valence-electron chi connectivity index (χ1n) is 7.32. The van der Waals surface area contributed by atoms with Gasteiger partial charge in [0.2, 0.25) is 5.91 Å². The van der Waals surface area contributed by atoms with Crippen molar-refractivity contribution in [1.29, 1.82) is 0 Å². The van der Waals surface area contributed by atoms with Crippen molar-refractivity contribution >= 4 is 29.7 Å². The Morgan fingerprint density at radius 2 is 2.05 bits per heavy atom. The van der Waals surface area contributed by atoms with Crippen molar-refractivity contribution in [3.8, 4) is 0 Å². The summed E-state index contributed by atoms with van der Waals surface area (Å²) in [6.07, 6.45) is 7.53. The van der Waals surface area contributed by atoms with Gasteiger partial charge in [0.25, 0.3) is 0 Å². The first-order chi connectivity index (χ1) is 9.29. The number of amides is 1. The minimum absolute atomic E-state index is 0. The van der Waals surface area contributed by atoms with E-state index < -0.39 is 0 Å². The number of thiophene rings is 1. The Kier molecular flexibility index (Phi) is 7.56. The second kappa shape index (κ2) is 8.65. The molecule has 1 aromatic rings. The molecule has 0 aromatic carbocycles. The normalized spacial score (nSPS) is 17.2. The molecule has 0 unspecified atom stereocenters. The zero-order chi connectivity index (χ0) is 13.6. The highest BCUT2D eigenvalue weighted by Crippen LogP contribution is 2.41. The molecule has 1 aliphatic rings. The van der Waals surface area contributed by atoms with Crippen LogP contribution in [0.3, 0.4) is 0 Å². The number of hydrogen-bond acceptors (Lipinski definition) is 3. The molecule has 114 valence electrons. The van der Waals surface area contributed by atoms with Gasteiger partial charge in [0.15, 0.2) is 0 Å². The summed E-state index contributed by atoms with van der Waals surface area (Å²) in [6, 6.07) is 4.17. The van der Waals surface area contributed by atoms with Crippen LogP contribution in [0.2, 0.25) is 0 Å². The maximum atomic E-state index is 12.6. The fraction of sp³-hybridized carbons (Fsp3) is 0.667. The third kappa shape index (κ3) is 3.96. The van der Waals surface area contributed by atoms with Crippen LogP contribution < -0.4 is 11.1 Å². The summed E-state index contributed by atoms with van der Waals surface area (Å²) in [7, 11) is 0. The number of unbranched alkanes of at least 4 members (excludes halogenated alkanes) is 1. The lowest BCUT2D eigenvalue weighted by atomic mass is 9.72. The number of carbonyl (C=O) groups is 1. The number of halogens is 1. The molecule has 1 fully saturated rings. The molecular weight excluding hydrogens is 292 g/mol. The monoisotopic (exact) mass is 316 g/mol. The van der Waals surface area contributed by atoms with Crippen LogP contribution in [0.4, 0.5) is 0 Å². The summed E-state index contributed by atoms with van der Waals surface area (Å²) in [5.74, 6) is 0.228. The first kappa shape index (κ1) is 17.5. The third-order valence-electron chi connectivity index (χ3n) is 4.05. The molecule has 1 heterocycles. The van der Waals surface area contributed by atoms with Crippen LogP contribution in [0, 0.1) is 0 Å². The predicted octanol–water partition coefficient (Wildman–Crippen LogP) is 3.23. The third-order valence-corrected chi connectivity index (χ3v) is 5.13. The summed E-state index contributed by atoms with van der Waals surface area (Å²) in [5, 5.41) is 5.21. The molecule has 3 nitrogen and oxygen atoms in total. The van der Waals surface area contributed by atoms with Gasteiger partial charge in [-0.2, -0.15) is 0 Å². The van der Waals surface area contributed by atoms with Crippen molar-refractivity contribution in [1.82, 2.24) is 5.32 Å². The van der Waals surface area contributed by atoms with Crippen molar-refractivity contribution < 1.29 is 4.79 Å². The second-order valence-electron chi connectivity index (χ2n) is 5.37. The molecule has 1 aromatic heterocycles. The highest BCUT2D eigenvalue weighted by Gasteiger charge is 2.41. The average molecular weight is 317 g/mol. The van der Waals surface area contributed by atoms with Crippen LogP contribution in [-0.2, 0) is 10.2 Å². The van der Waals surface area contributed by atoms with E-state index >= 15 is 0 Å². The predicted molar refractivity (Wildman–Crippen MR) is 87.6 cm³/mol. The standard InChI is InChI=1S/C15H24N2OS.ClH/c16-10-4-5-11-17-14(18)15(8-2-1-3-9-15)13-7-6-12-19-13;/h6-7,12H,1-5,8-11,16H2,(H,17,18);1H. The molecule has 1 amide bonds. The van der Waals surface area contributed by atoms with Gasteiger partial charge in [0, 0.05) is 11.4 Å². The number of nitrogens with two attached hydrogens (primary N) is 1. The van der Waals surface area contributed by atoms with Crippen LogP contribution >= 0.6 is 23.7 Å². The number of rotatable bonds is 6. The molecule has 0 atom stereocenters. The van der Waals surface area contributed by atoms with Crippen molar-refractivity contribution in [2.45, 2.75) is 50.4 Å². The summed E-state index contributed by atoms with van der Waals surface area (Å²) in [5.41, 5.74) is 5.23. The van der Waals surface area contributed by atoms with Gasteiger partial charge < -0.3 is 11.1 Å². The van der Waals surface area contributed by atoms with Gasteiger partial charge in [-0.1, -0.05) is 25.3 Å². The molecule has 0 saturated heterocycles. The Morgan fingerprint density at radius 3 is 2.65 bits per heavy atom. The van der Waals surface area contributed by atoms with Gasteiger partial charge in [0.1, 0.15) is 0 Å². The molecule has 0 radical (unpaired) electrons. The molecule has 1 saturated carbocycles. The van der Waals surface area contributed by atoms with E-state index in [2.05, 4.69) is 22.8 Å². The molecule has 3 N–H and O–H groups in total. The van der Waals surface area contributed by atoms with Crippen LogP contribution in [0.15, 0.2) is 17.5 Å². The van der Waals surface area contributed by atoms with E-state index in [-0.39, 0.29) is 23.7 Å². The molecular formula is C15H25ClN2OS. The summed E-state index contributed by atoms with van der Waals surface area (Å²) in [4.78, 5) is 13.9. The van der Waals surface area contributed by atoms with Gasteiger partial charge in [0.05, 0.1) is 5.41 Å². The van der Waals surface area contributed by atoms with Gasteiger partial charge in [-0.3, -0.25) is 4.79 Å². The maximum Gasteiger partial charge on any atom is 0.231 e. The number of nitrogens with one attached hydrogen (secondary N) is 1. The summed E-state index contributed by atoms with van der Waals surface area (Å²) in [6.45, 7) is 1.45. The Balaban J connectivity index is 0.00000200. The maximum absolute atomic E-state index is 12.6. The van der Waals surface area contributed by atoms with E-state index in [1.54, 1.807) is 11.3 Å². The van der Waals surface area contributed by atoms with Gasteiger partial charge in [-0.05, 0) is 43.7 Å². The van der Waals surface area contributed by atoms with E-state index in [1.165, 1.54) is 11.3 Å². The molecule has 2 rings (SSSR count). The van der Waals surface area contributed by atoms with Gasteiger partial charge in [-0.25, -0.2) is 0 Å². The second-order valence-corrected chi connectivity index (χ2v) is 6.32. The highest BCUT2D eigenvalue weighted by atomic mass is 35.5. The van der Waals surface area contributed by atoms with Crippen LogP contribution in [0.1, 0.15) is 49.8 Å². The summed E-state index contributed by atoms with van der Waals surface area (Å²) >= 11 is 1.72. The molecule has 5 heteroatoms. The van der Waals surface area contributed by atoms with E-state index in [9.17, 15) is 4.79 Å². The highest BCUT2D eigenvalue weighted by molar-refractivity contribution is 7.10. The Morgan fingerprint density at radius 1 is 1.30 bits per heavy atom. The zero-order valence-corrected chi connectivity index (χ0v) is 13.5. The molecule has 1 aliphatic carbocycles. The van der Waals surface area contributed by atoms with Crippen molar-refractivity contribution in [3.63, 3.8) is 0 Å². The van der Waals surface area contributed by atoms with Crippen molar-refractivity contribution in [2.75, 3.05) is 13.1 Å². The molecule has 0 bridgehead atoms. The minimum Gasteiger partial charge on any atom is -0.355 e. The van der Waals surface area contributed by atoms with Crippen LogP contribution in [0.25, 0.3) is 0 Å². The Hall–Kier alpha value is -0.580. The average Bonchev–Trinajstić information content (AvgIpc) is 2.99. The van der Waals surface area contributed by atoms with E-state index in [0.717, 1.165) is 45.1 Å². The van der Waals surface area contributed by atoms with Crippen LogP contribution in [0.5, 0.6) is 0 Å². The lowest BCUT2D eigenvalue weighted by Gasteiger charge is -2.35. The SMILES string of the molecule is Cl.NCCCCNC(=O)C1(c2cccs2)CCCCC1. The Bertz CT molecular complexity index is 389. The first-order valence-corrected chi connectivity index (χ1v) is 8.20. The van der Waals surface area contributed by atoms with Gasteiger partial charge >= 0.3 is 0 Å². The van der Waals surface area contributed by atoms with E-state index in [1.807, 2.05) is 0 Å². The molecule has 20 heavy (non-hydrogen) atoms. The van der Waals surface area contributed by atoms with Crippen molar-refractivity contribution in [3.05, 3.63) is 22.4 Å². The largest absolute Gasteiger partial charge is 0.355 e. The van der Waals surface area contributed by atoms with Crippen molar-refractivity contribution in [2.24, 2.45) is 5.73 Å². The number of carbonyl (C=O) groups excluding carboxylic acids is 1. The molecule has 0 aliphatic heterocycles. The minimum atomic E-state index is -0.255. The topological polar surface area (TPSA) is 55.1 Å². The van der Waals surface area contributed by atoms with E-state index in [4.69, 9.17) is 5.73 Å². The quantitative estimate of drug-likeness (QED) is 0.792.